The van der Waals surface area contributed by atoms with Crippen LogP contribution in [0.3, 0.4) is 0 Å². The summed E-state index contributed by atoms with van der Waals surface area (Å²) in [5, 5.41) is 36.1. The summed E-state index contributed by atoms with van der Waals surface area (Å²) in [4.78, 5) is 36.8. The first-order chi connectivity index (χ1) is 16.1. The number of nitrogens with one attached hydrogen (secondary N) is 1. The van der Waals surface area contributed by atoms with Gasteiger partial charge in [0.15, 0.2) is 12.2 Å². The van der Waals surface area contributed by atoms with Gasteiger partial charge in [-0.05, 0) is 50.1 Å². The number of benzene rings is 1. The predicted octanol–water partition coefficient (Wildman–Crippen LogP) is 0.659. The summed E-state index contributed by atoms with van der Waals surface area (Å²) >= 11 is 0. The summed E-state index contributed by atoms with van der Waals surface area (Å²) in [5.41, 5.74) is 5.50. The predicted molar refractivity (Wildman–Crippen MR) is 125 cm³/mol. The van der Waals surface area contributed by atoms with Gasteiger partial charge in [-0.25, -0.2) is 9.59 Å². The van der Waals surface area contributed by atoms with E-state index in [2.05, 4.69) is 55.4 Å². The highest BCUT2D eigenvalue weighted by Gasteiger charge is 2.41. The van der Waals surface area contributed by atoms with Gasteiger partial charge in [-0.3, -0.25) is 9.69 Å². The van der Waals surface area contributed by atoms with Crippen LogP contribution in [0.4, 0.5) is 5.69 Å². The molecule has 3 unspecified atom stereocenters. The Kier molecular flexibility index (Phi) is 7.96. The fraction of sp³-hybridized carbons (Fsp3) is 0.542. The number of carboxylic acids is 2. The van der Waals surface area contributed by atoms with Crippen molar-refractivity contribution in [3.63, 3.8) is 0 Å². The zero-order chi connectivity index (χ0) is 25.2. The first kappa shape index (κ1) is 25.7. The molecule has 1 amide bonds. The van der Waals surface area contributed by atoms with Crippen molar-refractivity contribution in [3.8, 4) is 0 Å². The molecule has 10 nitrogen and oxygen atoms in total. The van der Waals surface area contributed by atoms with E-state index in [0.29, 0.717) is 12.0 Å². The van der Waals surface area contributed by atoms with Crippen molar-refractivity contribution >= 4 is 29.1 Å². The molecule has 5 atom stereocenters. The van der Waals surface area contributed by atoms with E-state index in [9.17, 15) is 14.4 Å². The number of rotatable bonds is 6. The Morgan fingerprint density at radius 3 is 2.29 bits per heavy atom. The maximum absolute atomic E-state index is 12.9. The van der Waals surface area contributed by atoms with E-state index in [4.69, 9.17) is 20.4 Å². The molecule has 0 saturated carbocycles. The number of aliphatic carboxylic acids is 2. The number of amides is 1. The number of aliphatic hydroxyl groups is 2. The van der Waals surface area contributed by atoms with E-state index in [0.717, 1.165) is 32.6 Å². The number of carbonyl (C=O) groups excluding carboxylic acids is 1. The maximum Gasteiger partial charge on any atom is 0.335 e. The van der Waals surface area contributed by atoms with Gasteiger partial charge in [0.25, 0.3) is 0 Å². The number of likely N-dealkylation sites (N-methyl/N-ethyl adjacent to an activating group) is 1. The molecular formula is C24H33N3O7. The summed E-state index contributed by atoms with van der Waals surface area (Å²) in [7, 11) is 2.18. The van der Waals surface area contributed by atoms with Crippen LogP contribution in [-0.2, 0) is 14.4 Å². The Morgan fingerprint density at radius 2 is 1.74 bits per heavy atom. The minimum atomic E-state index is -2.27. The summed E-state index contributed by atoms with van der Waals surface area (Å²) in [6, 6.07) is 7.01. The van der Waals surface area contributed by atoms with Gasteiger partial charge in [0.2, 0.25) is 5.91 Å². The fourth-order valence-electron chi connectivity index (χ4n) is 5.04. The lowest BCUT2D eigenvalue weighted by molar-refractivity contribution is -0.165. The molecule has 0 bridgehead atoms. The van der Waals surface area contributed by atoms with Crippen LogP contribution in [0.5, 0.6) is 0 Å². The highest BCUT2D eigenvalue weighted by molar-refractivity contribution is 5.87. The molecule has 0 radical (unpaired) electrons. The number of hydrogen-bond acceptors (Lipinski definition) is 7. The molecule has 2 heterocycles. The minimum absolute atomic E-state index is 0.0251. The Labute approximate surface area is 198 Å². The molecule has 10 heteroatoms. The molecule has 4 rings (SSSR count). The zero-order valence-electron chi connectivity index (χ0n) is 19.6. The molecule has 0 spiro atoms. The van der Waals surface area contributed by atoms with Gasteiger partial charge in [-0.1, -0.05) is 18.2 Å². The van der Waals surface area contributed by atoms with E-state index in [1.165, 1.54) is 22.4 Å². The summed E-state index contributed by atoms with van der Waals surface area (Å²) in [5.74, 6) is -2.69. The van der Waals surface area contributed by atoms with Crippen LogP contribution in [0.2, 0.25) is 0 Å². The van der Waals surface area contributed by atoms with Crippen LogP contribution in [0, 0.1) is 5.92 Å². The standard InChI is InChI=1S/C20H27N3O.C4H6O6/c1-4-23(5-2)20(24)14-9-16-15-7-6-8-17-19(15)13(11-21-17)10-18(16)22(3)12-14;5-1(3(7)8)2(6)4(9)10/h6-9,13-14,18,21H,4-5,10-12H2,1-3H3;1-2,5-6H,(H,7,8)(H,9,10)/t13?,14-,18-;/m1./s1. The van der Waals surface area contributed by atoms with Crippen molar-refractivity contribution in [1.29, 1.82) is 0 Å². The lowest BCUT2D eigenvalue weighted by atomic mass is 9.74. The van der Waals surface area contributed by atoms with Gasteiger partial charge < -0.3 is 30.6 Å². The molecular weight excluding hydrogens is 442 g/mol. The van der Waals surface area contributed by atoms with E-state index < -0.39 is 24.1 Å². The summed E-state index contributed by atoms with van der Waals surface area (Å²) in [6.45, 7) is 7.57. The topological polar surface area (TPSA) is 151 Å². The first-order valence-corrected chi connectivity index (χ1v) is 11.5. The molecule has 0 fully saturated rings. The third kappa shape index (κ3) is 4.94. The van der Waals surface area contributed by atoms with Crippen molar-refractivity contribution in [2.24, 2.45) is 5.92 Å². The van der Waals surface area contributed by atoms with Gasteiger partial charge in [-0.2, -0.15) is 0 Å². The van der Waals surface area contributed by atoms with Crippen molar-refractivity contribution in [2.45, 2.75) is 44.4 Å². The van der Waals surface area contributed by atoms with E-state index in [-0.39, 0.29) is 11.8 Å². The first-order valence-electron chi connectivity index (χ1n) is 11.5. The van der Waals surface area contributed by atoms with Crippen LogP contribution < -0.4 is 5.32 Å². The van der Waals surface area contributed by atoms with Gasteiger partial charge in [-0.15, -0.1) is 0 Å². The fourth-order valence-corrected chi connectivity index (χ4v) is 5.04. The number of anilines is 1. The molecule has 186 valence electrons. The monoisotopic (exact) mass is 475 g/mol. The van der Waals surface area contributed by atoms with Crippen molar-refractivity contribution < 1.29 is 34.8 Å². The number of carboxylic acid groups (broad SMARTS) is 2. The number of fused-ring (bicyclic) bond motifs is 2. The van der Waals surface area contributed by atoms with Crippen molar-refractivity contribution in [3.05, 3.63) is 35.4 Å². The molecule has 2 aliphatic heterocycles. The SMILES string of the molecule is CCN(CC)C(=O)[C@@H]1C=C2c3cccc4c3C(CN4)C[C@H]2N(C)C1.O=C(O)C(O)C(O)C(=O)O. The minimum Gasteiger partial charge on any atom is -0.479 e. The van der Waals surface area contributed by atoms with Gasteiger partial charge in [0.1, 0.15) is 0 Å². The lowest BCUT2D eigenvalue weighted by Gasteiger charge is -2.42. The average molecular weight is 476 g/mol. The zero-order valence-corrected chi connectivity index (χ0v) is 19.6. The smallest absolute Gasteiger partial charge is 0.335 e. The molecule has 1 aromatic rings. The average Bonchev–Trinajstić information content (AvgIpc) is 3.23. The molecule has 5 N–H and O–H groups in total. The third-order valence-electron chi connectivity index (χ3n) is 6.83. The van der Waals surface area contributed by atoms with E-state index >= 15 is 0 Å². The van der Waals surface area contributed by atoms with Crippen LogP contribution in [0.25, 0.3) is 5.57 Å². The largest absolute Gasteiger partial charge is 0.479 e. The highest BCUT2D eigenvalue weighted by Crippen LogP contribution is 2.48. The van der Waals surface area contributed by atoms with Gasteiger partial charge in [0, 0.05) is 43.8 Å². The summed E-state index contributed by atoms with van der Waals surface area (Å²) < 4.78 is 0. The lowest BCUT2D eigenvalue weighted by Crippen LogP contribution is -2.47. The van der Waals surface area contributed by atoms with Crippen LogP contribution in [0.1, 0.15) is 37.3 Å². The quantitative estimate of drug-likeness (QED) is 0.400. The van der Waals surface area contributed by atoms with Crippen LogP contribution >= 0.6 is 0 Å². The van der Waals surface area contributed by atoms with Crippen LogP contribution in [0.15, 0.2) is 24.3 Å². The Morgan fingerprint density at radius 1 is 1.12 bits per heavy atom. The number of carbonyl (C=O) groups is 3. The number of nitrogens with zero attached hydrogens (tertiary/aromatic N) is 2. The Hall–Kier alpha value is -2.95. The van der Waals surface area contributed by atoms with Crippen molar-refractivity contribution in [1.82, 2.24) is 9.80 Å². The normalized spacial score (nSPS) is 24.3. The molecule has 0 saturated heterocycles. The highest BCUT2D eigenvalue weighted by atomic mass is 16.4. The summed E-state index contributed by atoms with van der Waals surface area (Å²) in [6.07, 6.45) is -1.10. The van der Waals surface area contributed by atoms with Crippen LogP contribution in [-0.4, -0.2) is 99.5 Å². The molecule has 34 heavy (non-hydrogen) atoms. The second-order valence-corrected chi connectivity index (χ2v) is 8.84. The molecule has 1 aromatic carbocycles. The Bertz CT molecular complexity index is 957. The van der Waals surface area contributed by atoms with E-state index in [1.54, 1.807) is 0 Å². The second-order valence-electron chi connectivity index (χ2n) is 8.84. The van der Waals surface area contributed by atoms with Gasteiger partial charge in [0.05, 0.1) is 5.92 Å². The Balaban J connectivity index is 0.000000277. The second kappa shape index (κ2) is 10.5. The number of hydrogen-bond donors (Lipinski definition) is 5. The third-order valence-corrected chi connectivity index (χ3v) is 6.83. The van der Waals surface area contributed by atoms with E-state index in [1.807, 2.05) is 4.90 Å². The molecule has 0 aromatic heterocycles. The van der Waals surface area contributed by atoms with Crippen molar-refractivity contribution in [2.75, 3.05) is 38.5 Å². The maximum atomic E-state index is 12.9. The molecule has 1 aliphatic carbocycles. The molecule has 3 aliphatic rings. The van der Waals surface area contributed by atoms with Gasteiger partial charge >= 0.3 is 11.9 Å². The number of aliphatic hydroxyl groups excluding tert-OH is 2.